The van der Waals surface area contributed by atoms with Crippen LogP contribution in [0, 0.1) is 19.3 Å². The Hall–Kier alpha value is -0.670. The van der Waals surface area contributed by atoms with Crippen LogP contribution in [0.4, 0.5) is 0 Å². The Bertz CT molecular complexity index is 447. The fourth-order valence-corrected chi connectivity index (χ4v) is 3.82. The number of piperidine rings is 1. The Morgan fingerprint density at radius 3 is 2.72 bits per heavy atom. The van der Waals surface area contributed by atoms with Crippen molar-refractivity contribution in [1.29, 1.82) is 0 Å². The molecule has 1 aromatic heterocycles. The molecule has 1 aliphatic heterocycles. The predicted octanol–water partition coefficient (Wildman–Crippen LogP) is 3.67. The van der Waals surface area contributed by atoms with E-state index < -0.39 is 0 Å². The van der Waals surface area contributed by atoms with Crippen LogP contribution in [0.3, 0.4) is 0 Å². The SMILES string of the molecule is Cc1cc(C(=O)CN2CCCC(C)(C)C2)c(C)s1. The number of ketones is 1. The van der Waals surface area contributed by atoms with Gasteiger partial charge in [-0.3, -0.25) is 9.69 Å². The number of aryl methyl sites for hydroxylation is 2. The van der Waals surface area contributed by atoms with Crippen LogP contribution < -0.4 is 0 Å². The van der Waals surface area contributed by atoms with Crippen LogP contribution in [0.15, 0.2) is 6.07 Å². The van der Waals surface area contributed by atoms with E-state index in [0.717, 1.165) is 23.5 Å². The molecule has 2 heterocycles. The molecule has 0 unspecified atom stereocenters. The minimum Gasteiger partial charge on any atom is -0.295 e. The summed E-state index contributed by atoms with van der Waals surface area (Å²) >= 11 is 1.72. The Morgan fingerprint density at radius 1 is 1.44 bits per heavy atom. The number of thiophene rings is 1. The first-order chi connectivity index (χ1) is 8.37. The topological polar surface area (TPSA) is 20.3 Å². The highest BCUT2D eigenvalue weighted by atomic mass is 32.1. The van der Waals surface area contributed by atoms with Gasteiger partial charge in [0.25, 0.3) is 0 Å². The van der Waals surface area contributed by atoms with Crippen LogP contribution in [0.1, 0.15) is 46.8 Å². The van der Waals surface area contributed by atoms with Crippen LogP contribution in [0.2, 0.25) is 0 Å². The quantitative estimate of drug-likeness (QED) is 0.777. The van der Waals surface area contributed by atoms with Gasteiger partial charge in [-0.05, 0) is 44.7 Å². The maximum atomic E-state index is 12.3. The second kappa shape index (κ2) is 5.14. The van der Waals surface area contributed by atoms with Gasteiger partial charge in [-0.2, -0.15) is 0 Å². The number of nitrogens with zero attached hydrogens (tertiary/aromatic N) is 1. The summed E-state index contributed by atoms with van der Waals surface area (Å²) in [5.41, 5.74) is 1.29. The summed E-state index contributed by atoms with van der Waals surface area (Å²) in [6, 6.07) is 2.04. The smallest absolute Gasteiger partial charge is 0.177 e. The van der Waals surface area contributed by atoms with Crippen LogP contribution in [-0.4, -0.2) is 30.3 Å². The number of hydrogen-bond acceptors (Lipinski definition) is 3. The summed E-state index contributed by atoms with van der Waals surface area (Å²) in [4.78, 5) is 17.0. The van der Waals surface area contributed by atoms with Gasteiger partial charge in [-0.1, -0.05) is 13.8 Å². The molecular weight excluding hydrogens is 242 g/mol. The number of hydrogen-bond donors (Lipinski definition) is 0. The van der Waals surface area contributed by atoms with Gasteiger partial charge in [0.2, 0.25) is 0 Å². The average Bonchev–Trinajstić information content (AvgIpc) is 2.56. The van der Waals surface area contributed by atoms with Crippen LogP contribution in [0.5, 0.6) is 0 Å². The molecule has 0 amide bonds. The van der Waals surface area contributed by atoms with Gasteiger partial charge in [-0.25, -0.2) is 0 Å². The van der Waals surface area contributed by atoms with Crippen LogP contribution in [-0.2, 0) is 0 Å². The van der Waals surface area contributed by atoms with Crippen molar-refractivity contribution in [3.05, 3.63) is 21.4 Å². The molecular formula is C15H23NOS. The first-order valence-electron chi connectivity index (χ1n) is 6.70. The van der Waals surface area contributed by atoms with E-state index in [1.165, 1.54) is 17.7 Å². The van der Waals surface area contributed by atoms with Gasteiger partial charge < -0.3 is 0 Å². The first kappa shape index (κ1) is 13.8. The van der Waals surface area contributed by atoms with Crippen molar-refractivity contribution in [1.82, 2.24) is 4.90 Å². The van der Waals surface area contributed by atoms with Gasteiger partial charge in [0, 0.05) is 21.9 Å². The fourth-order valence-electron chi connectivity index (χ4n) is 2.88. The molecule has 0 N–H and O–H groups in total. The molecule has 1 aliphatic rings. The number of rotatable bonds is 3. The second-order valence-electron chi connectivity index (χ2n) is 6.23. The lowest BCUT2D eigenvalue weighted by Crippen LogP contribution is -2.42. The number of likely N-dealkylation sites (tertiary alicyclic amines) is 1. The molecule has 2 rings (SSSR count). The molecule has 1 saturated heterocycles. The van der Waals surface area contributed by atoms with Crippen molar-refractivity contribution in [3.8, 4) is 0 Å². The highest BCUT2D eigenvalue weighted by molar-refractivity contribution is 7.12. The predicted molar refractivity (Wildman–Crippen MR) is 77.6 cm³/mol. The van der Waals surface area contributed by atoms with Gasteiger partial charge in [0.05, 0.1) is 6.54 Å². The van der Waals surface area contributed by atoms with E-state index in [-0.39, 0.29) is 5.78 Å². The highest BCUT2D eigenvalue weighted by Crippen LogP contribution is 2.29. The molecule has 0 spiro atoms. The first-order valence-corrected chi connectivity index (χ1v) is 7.52. The zero-order valence-electron chi connectivity index (χ0n) is 11.9. The number of carbonyl (C=O) groups excluding carboxylic acids is 1. The van der Waals surface area contributed by atoms with Gasteiger partial charge in [0.15, 0.2) is 5.78 Å². The zero-order chi connectivity index (χ0) is 13.3. The minimum atomic E-state index is 0.287. The maximum Gasteiger partial charge on any atom is 0.177 e. The molecule has 18 heavy (non-hydrogen) atoms. The lowest BCUT2D eigenvalue weighted by molar-refractivity contribution is 0.0810. The molecule has 0 aromatic carbocycles. The molecule has 0 radical (unpaired) electrons. The second-order valence-corrected chi connectivity index (χ2v) is 7.69. The normalized spacial score (nSPS) is 20.0. The van der Waals surface area contributed by atoms with Gasteiger partial charge in [-0.15, -0.1) is 11.3 Å². The van der Waals surface area contributed by atoms with Crippen LogP contribution >= 0.6 is 11.3 Å². The van der Waals surface area contributed by atoms with Gasteiger partial charge >= 0.3 is 0 Å². The molecule has 3 heteroatoms. The van der Waals surface area contributed by atoms with Crippen molar-refractivity contribution >= 4 is 17.1 Å². The molecule has 1 fully saturated rings. The van der Waals surface area contributed by atoms with E-state index >= 15 is 0 Å². The van der Waals surface area contributed by atoms with E-state index in [0.29, 0.717) is 12.0 Å². The molecule has 1 aromatic rings. The molecule has 0 saturated carbocycles. The molecule has 0 bridgehead atoms. The summed E-state index contributed by atoms with van der Waals surface area (Å²) in [5, 5.41) is 0. The lowest BCUT2D eigenvalue weighted by Gasteiger charge is -2.37. The van der Waals surface area contributed by atoms with Crippen molar-refractivity contribution in [3.63, 3.8) is 0 Å². The number of carbonyl (C=O) groups is 1. The Kier molecular flexibility index (Phi) is 3.93. The Labute approximate surface area is 114 Å². The largest absolute Gasteiger partial charge is 0.295 e. The number of Topliss-reactive ketones (excluding diaryl/α,β-unsaturated/α-hetero) is 1. The highest BCUT2D eigenvalue weighted by Gasteiger charge is 2.27. The van der Waals surface area contributed by atoms with Gasteiger partial charge in [0.1, 0.15) is 0 Å². The Morgan fingerprint density at radius 2 is 2.17 bits per heavy atom. The van der Waals surface area contributed by atoms with E-state index in [2.05, 4.69) is 25.7 Å². The molecule has 2 nitrogen and oxygen atoms in total. The molecule has 0 atom stereocenters. The van der Waals surface area contributed by atoms with E-state index in [4.69, 9.17) is 0 Å². The van der Waals surface area contributed by atoms with Crippen molar-refractivity contribution < 1.29 is 4.79 Å². The monoisotopic (exact) mass is 265 g/mol. The third kappa shape index (κ3) is 3.21. The zero-order valence-corrected chi connectivity index (χ0v) is 12.7. The summed E-state index contributed by atoms with van der Waals surface area (Å²) in [6.07, 6.45) is 2.48. The Balaban J connectivity index is 2.01. The van der Waals surface area contributed by atoms with E-state index in [1.807, 2.05) is 13.0 Å². The maximum absolute atomic E-state index is 12.3. The van der Waals surface area contributed by atoms with Crippen molar-refractivity contribution in [2.75, 3.05) is 19.6 Å². The van der Waals surface area contributed by atoms with Crippen LogP contribution in [0.25, 0.3) is 0 Å². The summed E-state index contributed by atoms with van der Waals surface area (Å²) in [5.74, 6) is 0.287. The molecule has 0 aliphatic carbocycles. The fraction of sp³-hybridized carbons (Fsp3) is 0.667. The average molecular weight is 265 g/mol. The third-order valence-electron chi connectivity index (χ3n) is 3.69. The van der Waals surface area contributed by atoms with E-state index in [1.54, 1.807) is 11.3 Å². The lowest BCUT2D eigenvalue weighted by atomic mass is 9.84. The van der Waals surface area contributed by atoms with E-state index in [9.17, 15) is 4.79 Å². The summed E-state index contributed by atoms with van der Waals surface area (Å²) in [6.45, 7) is 11.4. The van der Waals surface area contributed by atoms with Crippen molar-refractivity contribution in [2.45, 2.75) is 40.5 Å². The molecule has 100 valence electrons. The summed E-state index contributed by atoms with van der Waals surface area (Å²) < 4.78 is 0. The van der Waals surface area contributed by atoms with Crippen molar-refractivity contribution in [2.24, 2.45) is 5.41 Å². The third-order valence-corrected chi connectivity index (χ3v) is 4.65. The minimum absolute atomic E-state index is 0.287. The standard InChI is InChI=1S/C15H23NOS/c1-11-8-13(12(2)18-11)14(17)9-16-7-5-6-15(3,4)10-16/h8H,5-7,9-10H2,1-4H3. The summed E-state index contributed by atoms with van der Waals surface area (Å²) in [7, 11) is 0.